The number of hydrogen-bond donors (Lipinski definition) is 0. The van der Waals surface area contributed by atoms with Crippen LogP contribution in [0.2, 0.25) is 0 Å². The molecule has 0 aliphatic carbocycles. The Morgan fingerprint density at radius 2 is 1.55 bits per heavy atom. The highest BCUT2D eigenvalue weighted by molar-refractivity contribution is 7.41. The number of rotatable bonds is 11. The molecule has 20 heavy (non-hydrogen) atoms. The molecule has 4 nitrogen and oxygen atoms in total. The fourth-order valence-corrected chi connectivity index (χ4v) is 2.51. The first kappa shape index (κ1) is 17.8. The Balaban J connectivity index is 2.20. The van der Waals surface area contributed by atoms with Crippen molar-refractivity contribution in [2.75, 3.05) is 38.1 Å². The summed E-state index contributed by atoms with van der Waals surface area (Å²) in [7, 11) is -1.39. The Hall–Kier alpha value is -0.220. The van der Waals surface area contributed by atoms with Gasteiger partial charge in [-0.3, -0.25) is 4.99 Å². The van der Waals surface area contributed by atoms with E-state index < -0.39 is 8.60 Å². The first-order valence-electron chi connectivity index (χ1n) is 6.22. The summed E-state index contributed by atoms with van der Waals surface area (Å²) in [6.07, 6.45) is 1.81. The van der Waals surface area contributed by atoms with Crippen molar-refractivity contribution < 1.29 is 13.6 Å². The average Bonchev–Trinajstić information content (AvgIpc) is 2.50. The minimum absolute atomic E-state index is 0.392. The summed E-state index contributed by atoms with van der Waals surface area (Å²) < 4.78 is 16.1. The van der Waals surface area contributed by atoms with Gasteiger partial charge in [-0.2, -0.15) is 0 Å². The number of halogens is 2. The molecule has 0 N–H and O–H groups in total. The monoisotopic (exact) mass is 337 g/mol. The zero-order valence-corrected chi connectivity index (χ0v) is 13.5. The van der Waals surface area contributed by atoms with Crippen molar-refractivity contribution >= 4 is 38.0 Å². The summed E-state index contributed by atoms with van der Waals surface area (Å²) in [5.41, 5.74) is 1.06. The lowest BCUT2D eigenvalue weighted by atomic mass is 10.2. The molecule has 0 aliphatic rings. The largest absolute Gasteiger partial charge is 0.332 e. The molecule has 0 bridgehead atoms. The fourth-order valence-electron chi connectivity index (χ4n) is 1.21. The molecule has 0 unspecified atom stereocenters. The average molecular weight is 338 g/mol. The van der Waals surface area contributed by atoms with Gasteiger partial charge < -0.3 is 13.6 Å². The Morgan fingerprint density at radius 3 is 2.15 bits per heavy atom. The van der Waals surface area contributed by atoms with E-state index >= 15 is 0 Å². The Kier molecular flexibility index (Phi) is 11.2. The van der Waals surface area contributed by atoms with Gasteiger partial charge in [-0.25, -0.2) is 0 Å². The van der Waals surface area contributed by atoms with Crippen LogP contribution in [0, 0.1) is 0 Å². The van der Waals surface area contributed by atoms with Gasteiger partial charge in [0.25, 0.3) is 0 Å². The topological polar surface area (TPSA) is 40.0 Å². The SMILES string of the molecule is ClCCOP(OCCCl)OCCN=Cc1ccccc1. The van der Waals surface area contributed by atoms with Crippen LogP contribution in [0.15, 0.2) is 35.3 Å². The molecule has 0 atom stereocenters. The van der Waals surface area contributed by atoms with E-state index in [9.17, 15) is 0 Å². The molecule has 0 heterocycles. The van der Waals surface area contributed by atoms with Crippen LogP contribution in [0.4, 0.5) is 0 Å². The van der Waals surface area contributed by atoms with Gasteiger partial charge in [0.2, 0.25) is 0 Å². The molecule has 1 rings (SSSR count). The van der Waals surface area contributed by atoms with Gasteiger partial charge in [0.1, 0.15) is 0 Å². The fraction of sp³-hybridized carbons (Fsp3) is 0.462. The van der Waals surface area contributed by atoms with E-state index in [0.717, 1.165) is 5.56 Å². The van der Waals surface area contributed by atoms with Gasteiger partial charge in [-0.1, -0.05) is 30.3 Å². The van der Waals surface area contributed by atoms with Gasteiger partial charge in [-0.15, -0.1) is 23.2 Å². The lowest BCUT2D eigenvalue weighted by Gasteiger charge is -2.14. The number of hydrogen-bond acceptors (Lipinski definition) is 4. The Labute approximate surface area is 131 Å². The number of aliphatic imine (C=N–C) groups is 1. The molecule has 7 heteroatoms. The standard InChI is InChI=1S/C13H18Cl2NO3P/c14-6-9-17-20(18-10-7-15)19-11-8-16-12-13-4-2-1-3-5-13/h1-5,12H,6-11H2. The van der Waals surface area contributed by atoms with E-state index in [1.807, 2.05) is 36.5 Å². The summed E-state index contributed by atoms with van der Waals surface area (Å²) in [6.45, 7) is 1.76. The molecule has 0 radical (unpaired) electrons. The Bertz CT molecular complexity index is 360. The van der Waals surface area contributed by atoms with Crippen LogP contribution in [0.25, 0.3) is 0 Å². The quantitative estimate of drug-likeness (QED) is 0.266. The summed E-state index contributed by atoms with van der Waals surface area (Å²) in [6, 6.07) is 9.89. The van der Waals surface area contributed by atoms with Gasteiger partial charge >= 0.3 is 8.60 Å². The molecular formula is C13H18Cl2NO3P. The lowest BCUT2D eigenvalue weighted by Crippen LogP contribution is -2.02. The highest BCUT2D eigenvalue weighted by Crippen LogP contribution is 2.39. The molecular weight excluding hydrogens is 320 g/mol. The van der Waals surface area contributed by atoms with Gasteiger partial charge in [0.05, 0.1) is 26.4 Å². The molecule has 0 saturated heterocycles. The second-order valence-electron chi connectivity index (χ2n) is 3.55. The first-order chi connectivity index (χ1) is 9.86. The number of alkyl halides is 2. The highest BCUT2D eigenvalue weighted by Gasteiger charge is 2.11. The van der Waals surface area contributed by atoms with Gasteiger partial charge in [-0.05, 0) is 5.56 Å². The first-order valence-corrected chi connectivity index (χ1v) is 8.39. The van der Waals surface area contributed by atoms with Gasteiger partial charge in [0.15, 0.2) is 0 Å². The Morgan fingerprint density at radius 1 is 0.950 bits per heavy atom. The molecule has 0 amide bonds. The van der Waals surface area contributed by atoms with Crippen LogP contribution in [0.1, 0.15) is 5.56 Å². The summed E-state index contributed by atoms with van der Waals surface area (Å²) >= 11 is 11.1. The molecule has 112 valence electrons. The third-order valence-electron chi connectivity index (χ3n) is 2.00. The molecule has 0 aromatic heterocycles. The van der Waals surface area contributed by atoms with Gasteiger partial charge in [0, 0.05) is 18.0 Å². The van der Waals surface area contributed by atoms with E-state index in [0.29, 0.717) is 38.1 Å². The minimum atomic E-state index is -1.39. The maximum atomic E-state index is 5.56. The van der Waals surface area contributed by atoms with E-state index in [1.54, 1.807) is 0 Å². The van der Waals surface area contributed by atoms with Crippen LogP contribution in [0.3, 0.4) is 0 Å². The van der Waals surface area contributed by atoms with E-state index in [2.05, 4.69) is 4.99 Å². The van der Waals surface area contributed by atoms with Crippen LogP contribution in [-0.2, 0) is 13.6 Å². The molecule has 1 aromatic rings. The van der Waals surface area contributed by atoms with Crippen molar-refractivity contribution in [3.63, 3.8) is 0 Å². The maximum Gasteiger partial charge on any atom is 0.332 e. The molecule has 0 fully saturated rings. The predicted octanol–water partition coefficient (Wildman–Crippen LogP) is 3.86. The van der Waals surface area contributed by atoms with Crippen molar-refractivity contribution in [2.45, 2.75) is 0 Å². The van der Waals surface area contributed by atoms with Crippen molar-refractivity contribution in [2.24, 2.45) is 4.99 Å². The normalized spacial score (nSPS) is 11.6. The van der Waals surface area contributed by atoms with E-state index in [-0.39, 0.29) is 0 Å². The third kappa shape index (κ3) is 8.85. The molecule has 0 saturated carbocycles. The van der Waals surface area contributed by atoms with Crippen LogP contribution < -0.4 is 0 Å². The van der Waals surface area contributed by atoms with E-state index in [4.69, 9.17) is 36.8 Å². The van der Waals surface area contributed by atoms with Crippen LogP contribution >= 0.6 is 31.8 Å². The number of nitrogens with zero attached hydrogens (tertiary/aromatic N) is 1. The second-order valence-corrected chi connectivity index (χ2v) is 5.52. The summed E-state index contributed by atoms with van der Waals surface area (Å²) in [5, 5.41) is 0. The molecule has 0 spiro atoms. The van der Waals surface area contributed by atoms with Crippen molar-refractivity contribution in [3.8, 4) is 0 Å². The zero-order chi connectivity index (χ0) is 14.5. The van der Waals surface area contributed by atoms with Crippen molar-refractivity contribution in [1.29, 1.82) is 0 Å². The smallest absolute Gasteiger partial charge is 0.311 e. The highest BCUT2D eigenvalue weighted by atomic mass is 35.5. The molecule has 0 aliphatic heterocycles. The predicted molar refractivity (Wildman–Crippen MR) is 85.1 cm³/mol. The maximum absolute atomic E-state index is 5.56. The minimum Gasteiger partial charge on any atom is -0.311 e. The molecule has 1 aromatic carbocycles. The lowest BCUT2D eigenvalue weighted by molar-refractivity contribution is 0.175. The second kappa shape index (κ2) is 12.5. The van der Waals surface area contributed by atoms with E-state index in [1.165, 1.54) is 0 Å². The van der Waals surface area contributed by atoms with Crippen molar-refractivity contribution in [1.82, 2.24) is 0 Å². The summed E-state index contributed by atoms with van der Waals surface area (Å²) in [4.78, 5) is 4.27. The third-order valence-corrected chi connectivity index (χ3v) is 3.49. The van der Waals surface area contributed by atoms with Crippen LogP contribution in [-0.4, -0.2) is 44.3 Å². The van der Waals surface area contributed by atoms with Crippen molar-refractivity contribution in [3.05, 3.63) is 35.9 Å². The number of benzene rings is 1. The summed E-state index contributed by atoms with van der Waals surface area (Å²) in [5.74, 6) is 0.803. The van der Waals surface area contributed by atoms with Crippen LogP contribution in [0.5, 0.6) is 0 Å². The zero-order valence-electron chi connectivity index (χ0n) is 11.1.